The lowest BCUT2D eigenvalue weighted by atomic mass is 9.72. The first-order valence-electron chi connectivity index (χ1n) is 9.42. The van der Waals surface area contributed by atoms with Gasteiger partial charge in [0.25, 0.3) is 0 Å². The lowest BCUT2D eigenvalue weighted by Gasteiger charge is -2.39. The lowest BCUT2D eigenvalue weighted by molar-refractivity contribution is 0.163. The van der Waals surface area contributed by atoms with E-state index in [1.54, 1.807) is 7.11 Å². The Kier molecular flexibility index (Phi) is 7.18. The maximum absolute atomic E-state index is 5.52. The third-order valence-corrected chi connectivity index (χ3v) is 6.24. The SMILES string of the molecule is CCC(C)(CC1CC(C)CC(C)C1)NCc1cc(Br)ccc1OC. The number of methoxy groups -OCH3 is 1. The molecule has 0 spiro atoms. The molecule has 3 atom stereocenters. The highest BCUT2D eigenvalue weighted by Crippen LogP contribution is 2.38. The molecule has 1 N–H and O–H groups in total. The molecule has 2 nitrogen and oxygen atoms in total. The standard InChI is InChI=1S/C21H34BrNO/c1-6-21(4,13-17-10-15(2)9-16(3)11-17)23-14-18-12-19(22)7-8-20(18)24-5/h7-8,12,15-17,23H,6,9-11,13-14H2,1-5H3. The summed E-state index contributed by atoms with van der Waals surface area (Å²) in [7, 11) is 1.75. The van der Waals surface area contributed by atoms with Crippen molar-refractivity contribution in [1.29, 1.82) is 0 Å². The molecule has 1 fully saturated rings. The highest BCUT2D eigenvalue weighted by Gasteiger charge is 2.31. The first-order chi connectivity index (χ1) is 11.3. The molecule has 0 saturated heterocycles. The summed E-state index contributed by atoms with van der Waals surface area (Å²) in [5.74, 6) is 3.57. The van der Waals surface area contributed by atoms with Gasteiger partial charge in [-0.1, -0.05) is 36.7 Å². The van der Waals surface area contributed by atoms with E-state index in [0.717, 1.165) is 40.9 Å². The Morgan fingerprint density at radius 3 is 2.46 bits per heavy atom. The molecule has 1 aromatic carbocycles. The van der Waals surface area contributed by atoms with Crippen LogP contribution in [0.5, 0.6) is 5.75 Å². The third-order valence-electron chi connectivity index (χ3n) is 5.74. The van der Waals surface area contributed by atoms with E-state index in [4.69, 9.17) is 4.74 Å². The fraction of sp³-hybridized carbons (Fsp3) is 0.714. The molecule has 24 heavy (non-hydrogen) atoms. The number of hydrogen-bond donors (Lipinski definition) is 1. The number of nitrogens with one attached hydrogen (secondary N) is 1. The average molecular weight is 396 g/mol. The van der Waals surface area contributed by atoms with Crippen LogP contribution >= 0.6 is 15.9 Å². The van der Waals surface area contributed by atoms with Gasteiger partial charge in [-0.25, -0.2) is 0 Å². The van der Waals surface area contributed by atoms with Crippen LogP contribution in [-0.2, 0) is 6.54 Å². The summed E-state index contributed by atoms with van der Waals surface area (Å²) in [6, 6.07) is 6.23. The summed E-state index contributed by atoms with van der Waals surface area (Å²) in [6.07, 6.45) is 6.61. The van der Waals surface area contributed by atoms with Crippen LogP contribution in [-0.4, -0.2) is 12.6 Å². The molecule has 1 aliphatic carbocycles. The normalized spacial score (nSPS) is 26.8. The highest BCUT2D eigenvalue weighted by molar-refractivity contribution is 9.10. The molecule has 0 amide bonds. The summed E-state index contributed by atoms with van der Waals surface area (Å²) in [5, 5.41) is 3.84. The fourth-order valence-electron chi connectivity index (χ4n) is 4.45. The zero-order chi connectivity index (χ0) is 17.7. The maximum Gasteiger partial charge on any atom is 0.123 e. The molecular weight excluding hydrogens is 362 g/mol. The minimum absolute atomic E-state index is 0.189. The maximum atomic E-state index is 5.52. The molecule has 2 rings (SSSR count). The lowest BCUT2D eigenvalue weighted by Crippen LogP contribution is -2.43. The van der Waals surface area contributed by atoms with Gasteiger partial charge in [-0.05, 0) is 75.0 Å². The van der Waals surface area contributed by atoms with Crippen LogP contribution in [0.4, 0.5) is 0 Å². The van der Waals surface area contributed by atoms with Crippen molar-refractivity contribution in [2.75, 3.05) is 7.11 Å². The van der Waals surface area contributed by atoms with Gasteiger partial charge in [0.1, 0.15) is 5.75 Å². The smallest absolute Gasteiger partial charge is 0.123 e. The van der Waals surface area contributed by atoms with Crippen molar-refractivity contribution < 1.29 is 4.74 Å². The first-order valence-corrected chi connectivity index (χ1v) is 10.2. The molecule has 0 bridgehead atoms. The quantitative estimate of drug-likeness (QED) is 0.594. The molecular formula is C21H34BrNO. The van der Waals surface area contributed by atoms with Crippen molar-refractivity contribution >= 4 is 15.9 Å². The van der Waals surface area contributed by atoms with Crippen molar-refractivity contribution in [2.45, 2.75) is 71.9 Å². The summed E-state index contributed by atoms with van der Waals surface area (Å²) in [5.41, 5.74) is 1.41. The molecule has 136 valence electrons. The summed E-state index contributed by atoms with van der Waals surface area (Å²) in [6.45, 7) is 10.4. The van der Waals surface area contributed by atoms with Gasteiger partial charge in [0.2, 0.25) is 0 Å². The van der Waals surface area contributed by atoms with Gasteiger partial charge in [-0.15, -0.1) is 0 Å². The van der Waals surface area contributed by atoms with Gasteiger partial charge in [0, 0.05) is 22.1 Å². The molecule has 1 aromatic rings. The Morgan fingerprint density at radius 2 is 1.88 bits per heavy atom. The summed E-state index contributed by atoms with van der Waals surface area (Å²) in [4.78, 5) is 0. The molecule has 1 aliphatic rings. The Hall–Kier alpha value is -0.540. The Morgan fingerprint density at radius 1 is 1.21 bits per heavy atom. The molecule has 0 aromatic heterocycles. The van der Waals surface area contributed by atoms with E-state index in [0.29, 0.717) is 0 Å². The van der Waals surface area contributed by atoms with Gasteiger partial charge in [0.15, 0.2) is 0 Å². The van der Waals surface area contributed by atoms with E-state index in [2.05, 4.69) is 55.0 Å². The Balaban J connectivity index is 2.01. The van der Waals surface area contributed by atoms with Gasteiger partial charge in [0.05, 0.1) is 7.11 Å². The predicted octanol–water partition coefficient (Wildman–Crippen LogP) is 6.18. The predicted molar refractivity (Wildman–Crippen MR) is 107 cm³/mol. The fourth-order valence-corrected chi connectivity index (χ4v) is 4.86. The van der Waals surface area contributed by atoms with E-state index < -0.39 is 0 Å². The molecule has 3 unspecified atom stereocenters. The van der Waals surface area contributed by atoms with Crippen LogP contribution in [0.3, 0.4) is 0 Å². The van der Waals surface area contributed by atoms with Crippen molar-refractivity contribution in [3.8, 4) is 5.75 Å². The van der Waals surface area contributed by atoms with Crippen LogP contribution in [0.1, 0.15) is 65.4 Å². The van der Waals surface area contributed by atoms with E-state index in [1.165, 1.54) is 31.2 Å². The highest BCUT2D eigenvalue weighted by atomic mass is 79.9. The van der Waals surface area contributed by atoms with Crippen LogP contribution in [0.25, 0.3) is 0 Å². The Labute approximate surface area is 156 Å². The molecule has 0 heterocycles. The van der Waals surface area contributed by atoms with Crippen LogP contribution < -0.4 is 10.1 Å². The van der Waals surface area contributed by atoms with Crippen LogP contribution in [0.2, 0.25) is 0 Å². The number of rotatable bonds is 7. The second-order valence-corrected chi connectivity index (χ2v) is 9.13. The minimum atomic E-state index is 0.189. The number of hydrogen-bond acceptors (Lipinski definition) is 2. The van der Waals surface area contributed by atoms with Crippen molar-refractivity contribution in [1.82, 2.24) is 5.32 Å². The average Bonchev–Trinajstić information content (AvgIpc) is 2.52. The van der Waals surface area contributed by atoms with E-state index in [1.807, 2.05) is 12.1 Å². The minimum Gasteiger partial charge on any atom is -0.496 e. The largest absolute Gasteiger partial charge is 0.496 e. The zero-order valence-corrected chi connectivity index (χ0v) is 17.6. The second kappa shape index (κ2) is 8.71. The van der Waals surface area contributed by atoms with Crippen LogP contribution in [0, 0.1) is 17.8 Å². The topological polar surface area (TPSA) is 21.3 Å². The second-order valence-electron chi connectivity index (χ2n) is 8.21. The van der Waals surface area contributed by atoms with Crippen LogP contribution in [0.15, 0.2) is 22.7 Å². The van der Waals surface area contributed by atoms with Gasteiger partial charge >= 0.3 is 0 Å². The number of halogens is 1. The molecule has 1 saturated carbocycles. The number of benzene rings is 1. The van der Waals surface area contributed by atoms with Gasteiger partial charge in [-0.3, -0.25) is 0 Å². The summed E-state index contributed by atoms with van der Waals surface area (Å²) >= 11 is 3.57. The molecule has 0 radical (unpaired) electrons. The third kappa shape index (κ3) is 5.49. The molecule has 0 aliphatic heterocycles. The van der Waals surface area contributed by atoms with Crippen molar-refractivity contribution in [2.24, 2.45) is 17.8 Å². The van der Waals surface area contributed by atoms with E-state index in [9.17, 15) is 0 Å². The zero-order valence-electron chi connectivity index (χ0n) is 16.0. The first kappa shape index (κ1) is 19.8. The molecule has 3 heteroatoms. The number of ether oxygens (including phenoxy) is 1. The van der Waals surface area contributed by atoms with Gasteiger partial charge < -0.3 is 10.1 Å². The van der Waals surface area contributed by atoms with Crippen molar-refractivity contribution in [3.63, 3.8) is 0 Å². The summed E-state index contributed by atoms with van der Waals surface area (Å²) < 4.78 is 6.62. The van der Waals surface area contributed by atoms with E-state index >= 15 is 0 Å². The Bertz CT molecular complexity index is 523. The van der Waals surface area contributed by atoms with E-state index in [-0.39, 0.29) is 5.54 Å². The van der Waals surface area contributed by atoms with Gasteiger partial charge in [-0.2, -0.15) is 0 Å². The monoisotopic (exact) mass is 395 g/mol. The van der Waals surface area contributed by atoms with Crippen molar-refractivity contribution in [3.05, 3.63) is 28.2 Å².